The number of nitrogens with one attached hydrogen (secondary N) is 1. The fourth-order valence-electron chi connectivity index (χ4n) is 2.30. The molecule has 1 aromatic heterocycles. The first-order valence-corrected chi connectivity index (χ1v) is 7.97. The van der Waals surface area contributed by atoms with Crippen LogP contribution in [0.1, 0.15) is 11.4 Å². The number of hydrogen-bond donors (Lipinski definition) is 1. The van der Waals surface area contributed by atoms with E-state index in [9.17, 15) is 0 Å². The summed E-state index contributed by atoms with van der Waals surface area (Å²) in [4.78, 5) is 0. The van der Waals surface area contributed by atoms with Crippen molar-refractivity contribution >= 4 is 35.4 Å². The van der Waals surface area contributed by atoms with Crippen LogP contribution in [0, 0.1) is 4.77 Å². The van der Waals surface area contributed by atoms with Gasteiger partial charge in [-0.25, -0.2) is 0 Å². The van der Waals surface area contributed by atoms with Crippen molar-refractivity contribution in [3.63, 3.8) is 0 Å². The van der Waals surface area contributed by atoms with E-state index in [4.69, 9.17) is 35.4 Å². The van der Waals surface area contributed by atoms with Crippen LogP contribution in [0.5, 0.6) is 0 Å². The van der Waals surface area contributed by atoms with E-state index in [1.807, 2.05) is 22.8 Å². The smallest absolute Gasteiger partial charge is 0.199 e. The van der Waals surface area contributed by atoms with Crippen molar-refractivity contribution in [1.82, 2.24) is 14.8 Å². The molecule has 0 fully saturated rings. The summed E-state index contributed by atoms with van der Waals surface area (Å²) in [7, 11) is 0. The molecule has 0 saturated heterocycles. The van der Waals surface area contributed by atoms with Gasteiger partial charge in [0.1, 0.15) is 5.82 Å². The van der Waals surface area contributed by atoms with Crippen molar-refractivity contribution in [3.8, 4) is 5.69 Å². The van der Waals surface area contributed by atoms with E-state index < -0.39 is 0 Å². The van der Waals surface area contributed by atoms with Crippen LogP contribution in [0.2, 0.25) is 10.0 Å². The third-order valence-electron chi connectivity index (χ3n) is 3.37. The van der Waals surface area contributed by atoms with Crippen LogP contribution in [-0.4, -0.2) is 14.8 Å². The molecule has 0 amide bonds. The molecule has 0 aliphatic carbocycles. The predicted octanol–water partition coefficient (Wildman–Crippen LogP) is 5.02. The number of benzene rings is 2. The molecule has 6 heteroatoms. The topological polar surface area (TPSA) is 33.6 Å². The monoisotopic (exact) mass is 349 g/mol. The summed E-state index contributed by atoms with van der Waals surface area (Å²) in [6.07, 6.45) is 1.62. The lowest BCUT2D eigenvalue weighted by molar-refractivity contribution is 0.820. The lowest BCUT2D eigenvalue weighted by Gasteiger charge is -2.09. The minimum Gasteiger partial charge on any atom is -0.271 e. The second-order valence-electron chi connectivity index (χ2n) is 4.86. The summed E-state index contributed by atoms with van der Waals surface area (Å²) in [5.74, 6) is 0.831. The quantitative estimate of drug-likeness (QED) is 0.670. The van der Waals surface area contributed by atoms with Crippen LogP contribution in [0.3, 0.4) is 0 Å². The van der Waals surface area contributed by atoms with Crippen molar-refractivity contribution in [3.05, 3.63) is 74.7 Å². The molecule has 2 aromatic carbocycles. The van der Waals surface area contributed by atoms with Crippen molar-refractivity contribution in [2.75, 3.05) is 0 Å². The molecule has 0 aliphatic heterocycles. The Labute approximate surface area is 143 Å². The maximum atomic E-state index is 6.28. The minimum absolute atomic E-state index is 0.507. The summed E-state index contributed by atoms with van der Waals surface area (Å²) < 4.78 is 2.35. The van der Waals surface area contributed by atoms with Gasteiger partial charge in [0, 0.05) is 11.4 Å². The molecular formula is C16H13Cl2N3S. The van der Waals surface area contributed by atoms with Crippen LogP contribution in [-0.2, 0) is 12.8 Å². The number of aromatic nitrogens is 3. The van der Waals surface area contributed by atoms with Gasteiger partial charge in [0.2, 0.25) is 0 Å². The van der Waals surface area contributed by atoms with Crippen molar-refractivity contribution < 1.29 is 0 Å². The van der Waals surface area contributed by atoms with Crippen molar-refractivity contribution in [2.45, 2.75) is 12.8 Å². The molecule has 1 N–H and O–H groups in total. The minimum atomic E-state index is 0.507. The van der Waals surface area contributed by atoms with Gasteiger partial charge in [-0.3, -0.25) is 9.67 Å². The molecule has 0 spiro atoms. The van der Waals surface area contributed by atoms with Gasteiger partial charge in [-0.15, -0.1) is 0 Å². The van der Waals surface area contributed by atoms with Gasteiger partial charge in [-0.1, -0.05) is 53.5 Å². The van der Waals surface area contributed by atoms with E-state index >= 15 is 0 Å². The van der Waals surface area contributed by atoms with E-state index in [0.717, 1.165) is 24.4 Å². The zero-order chi connectivity index (χ0) is 15.5. The molecule has 3 nitrogen and oxygen atoms in total. The number of hydrogen-bond acceptors (Lipinski definition) is 2. The number of rotatable bonds is 4. The fraction of sp³-hybridized carbons (Fsp3) is 0.125. The van der Waals surface area contributed by atoms with Gasteiger partial charge in [0.15, 0.2) is 4.77 Å². The first-order chi connectivity index (χ1) is 10.6. The van der Waals surface area contributed by atoms with Crippen LogP contribution >= 0.6 is 35.4 Å². The Hall–Kier alpha value is -1.62. The number of aryl methyl sites for hydroxylation is 2. The number of H-pyrrole nitrogens is 1. The maximum Gasteiger partial charge on any atom is 0.199 e. The van der Waals surface area contributed by atoms with Gasteiger partial charge >= 0.3 is 0 Å². The van der Waals surface area contributed by atoms with Gasteiger partial charge in [0.05, 0.1) is 10.7 Å². The molecule has 112 valence electrons. The summed E-state index contributed by atoms with van der Waals surface area (Å²) >= 11 is 17.7. The van der Waals surface area contributed by atoms with E-state index in [2.05, 4.69) is 22.3 Å². The van der Waals surface area contributed by atoms with Gasteiger partial charge in [0.25, 0.3) is 0 Å². The highest BCUT2D eigenvalue weighted by Crippen LogP contribution is 2.25. The molecule has 1 heterocycles. The van der Waals surface area contributed by atoms with Crippen LogP contribution in [0.15, 0.2) is 48.5 Å². The molecule has 3 rings (SSSR count). The normalized spacial score (nSPS) is 10.8. The first-order valence-electron chi connectivity index (χ1n) is 6.81. The van der Waals surface area contributed by atoms with E-state index in [-0.39, 0.29) is 0 Å². The van der Waals surface area contributed by atoms with Gasteiger partial charge in [-0.2, -0.15) is 5.10 Å². The largest absolute Gasteiger partial charge is 0.271 e. The Morgan fingerprint density at radius 2 is 1.82 bits per heavy atom. The highest BCUT2D eigenvalue weighted by atomic mass is 35.5. The molecule has 0 radical (unpaired) electrons. The van der Waals surface area contributed by atoms with Crippen LogP contribution in [0.25, 0.3) is 5.69 Å². The number of halogens is 2. The average Bonchev–Trinajstić information content (AvgIpc) is 2.89. The fourth-order valence-corrected chi connectivity index (χ4v) is 2.92. The van der Waals surface area contributed by atoms with E-state index in [0.29, 0.717) is 14.8 Å². The third-order valence-corrected chi connectivity index (χ3v) is 4.20. The molecule has 0 bridgehead atoms. The zero-order valence-corrected chi connectivity index (χ0v) is 13.9. The standard InChI is InChI=1S/C16H13Cl2N3S/c17-12-7-8-13(18)14(10-12)21-15(19-20-16(21)22)9-6-11-4-2-1-3-5-11/h1-5,7-8,10H,6,9H2,(H,20,22). The van der Waals surface area contributed by atoms with Crippen molar-refractivity contribution in [1.29, 1.82) is 0 Å². The van der Waals surface area contributed by atoms with E-state index in [1.54, 1.807) is 18.2 Å². The molecule has 0 saturated carbocycles. The summed E-state index contributed by atoms with van der Waals surface area (Å²) in [6, 6.07) is 15.6. The van der Waals surface area contributed by atoms with Crippen LogP contribution in [0.4, 0.5) is 0 Å². The van der Waals surface area contributed by atoms with E-state index in [1.165, 1.54) is 5.56 Å². The second kappa shape index (κ2) is 6.65. The Kier molecular flexibility index (Phi) is 4.62. The summed E-state index contributed by atoms with van der Waals surface area (Å²) in [6.45, 7) is 0. The highest BCUT2D eigenvalue weighted by molar-refractivity contribution is 7.71. The van der Waals surface area contributed by atoms with Crippen molar-refractivity contribution in [2.24, 2.45) is 0 Å². The molecule has 0 aliphatic rings. The zero-order valence-electron chi connectivity index (χ0n) is 11.6. The average molecular weight is 350 g/mol. The molecular weight excluding hydrogens is 337 g/mol. The SMILES string of the molecule is S=c1[nH]nc(CCc2ccccc2)n1-c1cc(Cl)ccc1Cl. The lowest BCUT2D eigenvalue weighted by Crippen LogP contribution is -2.04. The second-order valence-corrected chi connectivity index (χ2v) is 6.09. The maximum absolute atomic E-state index is 6.28. The Bertz CT molecular complexity index is 840. The molecule has 0 atom stereocenters. The molecule has 22 heavy (non-hydrogen) atoms. The van der Waals surface area contributed by atoms with Gasteiger partial charge < -0.3 is 0 Å². The summed E-state index contributed by atoms with van der Waals surface area (Å²) in [5.41, 5.74) is 2.00. The van der Waals surface area contributed by atoms with Gasteiger partial charge in [-0.05, 0) is 42.4 Å². The van der Waals surface area contributed by atoms with Crippen LogP contribution < -0.4 is 0 Å². The highest BCUT2D eigenvalue weighted by Gasteiger charge is 2.12. The molecule has 0 unspecified atom stereocenters. The predicted molar refractivity (Wildman–Crippen MR) is 92.6 cm³/mol. The first kappa shape index (κ1) is 15.3. The Balaban J connectivity index is 1.94. The Morgan fingerprint density at radius 3 is 2.59 bits per heavy atom. The third kappa shape index (κ3) is 3.24. The lowest BCUT2D eigenvalue weighted by atomic mass is 10.1. The Morgan fingerprint density at radius 1 is 1.05 bits per heavy atom. The number of aromatic amines is 1. The molecule has 3 aromatic rings. The number of nitrogens with zero attached hydrogens (tertiary/aromatic N) is 2. The summed E-state index contributed by atoms with van der Waals surface area (Å²) in [5, 5.41) is 8.35.